The van der Waals surface area contributed by atoms with E-state index in [-0.39, 0.29) is 32.0 Å². The summed E-state index contributed by atoms with van der Waals surface area (Å²) < 4.78 is 24.0. The zero-order valence-electron chi connectivity index (χ0n) is 27.1. The quantitative estimate of drug-likeness (QED) is 0.0398. The number of amides is 1. The molecule has 4 aromatic carbocycles. The maximum Gasteiger partial charge on any atom is 0.266 e. The molecule has 1 aliphatic rings. The molecule has 0 saturated carbocycles. The van der Waals surface area contributed by atoms with E-state index in [1.54, 1.807) is 32.4 Å². The van der Waals surface area contributed by atoms with Crippen molar-refractivity contribution in [3.05, 3.63) is 134 Å². The molecule has 254 valence electrons. The largest absolute Gasteiger partial charge is 0.497 e. The maximum atomic E-state index is 14.7. The summed E-state index contributed by atoms with van der Waals surface area (Å²) in [5, 5.41) is 12.9. The van der Waals surface area contributed by atoms with E-state index in [0.29, 0.717) is 47.0 Å². The number of rotatable bonds is 16. The molecule has 1 amide bonds. The number of methoxy groups -OCH3 is 2. The second kappa shape index (κ2) is 16.8. The first kappa shape index (κ1) is 35.2. The number of hydrogen-bond donors (Lipinski definition) is 3. The van der Waals surface area contributed by atoms with Crippen molar-refractivity contribution in [3.8, 4) is 17.2 Å². The third-order valence-corrected chi connectivity index (χ3v) is 8.77. The van der Waals surface area contributed by atoms with E-state index in [0.717, 1.165) is 15.6 Å². The Hall–Kier alpha value is -5.07. The number of hydrazine groups is 1. The van der Waals surface area contributed by atoms with Crippen LogP contribution in [0.15, 0.2) is 106 Å². The Bertz CT molecular complexity index is 1810. The average molecular weight is 730 g/mol. The van der Waals surface area contributed by atoms with Gasteiger partial charge >= 0.3 is 0 Å². The first-order valence-electron chi connectivity index (χ1n) is 15.6. The number of aliphatic hydroxyl groups is 1. The van der Waals surface area contributed by atoms with Gasteiger partial charge in [0.2, 0.25) is 5.90 Å². The molecule has 1 heterocycles. The fourth-order valence-electron chi connectivity index (χ4n) is 5.54. The maximum absolute atomic E-state index is 14.7. The zero-order chi connectivity index (χ0) is 34.6. The van der Waals surface area contributed by atoms with Crippen LogP contribution < -0.4 is 25.1 Å². The number of hydrogen-bond acceptors (Lipinski definition) is 9. The lowest BCUT2D eigenvalue weighted by Gasteiger charge is -2.32. The Morgan fingerprint density at radius 1 is 1.00 bits per heavy atom. The molecule has 0 bridgehead atoms. The Kier molecular flexibility index (Phi) is 12.1. The van der Waals surface area contributed by atoms with Crippen LogP contribution in [-0.4, -0.2) is 49.9 Å². The van der Waals surface area contributed by atoms with Crippen LogP contribution in [0.4, 0.5) is 0 Å². The molecule has 0 spiro atoms. The minimum absolute atomic E-state index is 0.0372. The van der Waals surface area contributed by atoms with Gasteiger partial charge in [-0.2, -0.15) is 0 Å². The highest BCUT2D eigenvalue weighted by Gasteiger charge is 2.54. The average Bonchev–Trinajstić information content (AvgIpc) is 3.52. The molecule has 2 atom stereocenters. The number of halogens is 1. The van der Waals surface area contributed by atoms with Crippen LogP contribution in [0, 0.1) is 0 Å². The molecule has 0 unspecified atom stereocenters. The Labute approximate surface area is 292 Å². The molecule has 12 nitrogen and oxygen atoms in total. The van der Waals surface area contributed by atoms with Crippen LogP contribution in [0.1, 0.15) is 40.3 Å². The molecule has 1 aliphatic heterocycles. The van der Waals surface area contributed by atoms with Crippen molar-refractivity contribution in [1.82, 2.24) is 10.9 Å². The summed E-state index contributed by atoms with van der Waals surface area (Å²) >= 11 is 3.66. The zero-order valence-corrected chi connectivity index (χ0v) is 28.7. The van der Waals surface area contributed by atoms with E-state index in [2.05, 4.69) is 36.8 Å². The predicted molar refractivity (Wildman–Crippen MR) is 188 cm³/mol. The third-order valence-electron chi connectivity index (χ3n) is 8.00. The number of carbonyl (C=O) groups is 1. The molecule has 0 saturated heterocycles. The van der Waals surface area contributed by atoms with E-state index < -0.39 is 17.6 Å². The van der Waals surface area contributed by atoms with Gasteiger partial charge in [-0.15, -0.1) is 0 Å². The molecule has 5 rings (SSSR count). The van der Waals surface area contributed by atoms with Gasteiger partial charge in [-0.1, -0.05) is 63.5 Å². The molecular weight excluding hydrogens is 692 g/mol. The summed E-state index contributed by atoms with van der Waals surface area (Å²) in [6, 6.07) is 27.7. The van der Waals surface area contributed by atoms with Crippen LogP contribution in [-0.2, 0) is 29.0 Å². The van der Waals surface area contributed by atoms with Crippen molar-refractivity contribution in [2.24, 2.45) is 10.1 Å². The van der Waals surface area contributed by atoms with Crippen LogP contribution in [0.5, 0.6) is 17.2 Å². The number of azide groups is 1. The lowest BCUT2D eigenvalue weighted by molar-refractivity contribution is -0.130. The normalized spacial score (nSPS) is 16.6. The molecule has 4 aromatic rings. The molecule has 0 aromatic heterocycles. The smallest absolute Gasteiger partial charge is 0.266 e. The van der Waals surface area contributed by atoms with Gasteiger partial charge in [0.25, 0.3) is 5.91 Å². The predicted octanol–water partition coefficient (Wildman–Crippen LogP) is 6.36. The van der Waals surface area contributed by atoms with Gasteiger partial charge in [-0.3, -0.25) is 10.2 Å². The Morgan fingerprint density at radius 3 is 2.37 bits per heavy atom. The second-order valence-electron chi connectivity index (χ2n) is 11.2. The van der Waals surface area contributed by atoms with E-state index in [1.165, 1.54) is 0 Å². The lowest BCUT2D eigenvalue weighted by atomic mass is 9.80. The van der Waals surface area contributed by atoms with Crippen molar-refractivity contribution in [2.75, 3.05) is 27.4 Å². The van der Waals surface area contributed by atoms with Crippen molar-refractivity contribution in [3.63, 3.8) is 0 Å². The van der Waals surface area contributed by atoms with Crippen molar-refractivity contribution in [2.45, 2.75) is 37.6 Å². The number of carbonyl (C=O) groups excluding carboxylic acids is 1. The van der Waals surface area contributed by atoms with Crippen LogP contribution in [0.3, 0.4) is 0 Å². The summed E-state index contributed by atoms with van der Waals surface area (Å²) in [7, 11) is 3.15. The number of nitrogens with zero attached hydrogens (tertiary/aromatic N) is 4. The molecular formula is C36H37BrN6O6. The number of benzene rings is 4. The first-order chi connectivity index (χ1) is 23.9. The summed E-state index contributed by atoms with van der Waals surface area (Å²) in [6.45, 7) is 0.736. The fourth-order valence-corrected chi connectivity index (χ4v) is 5.96. The van der Waals surface area contributed by atoms with Crippen molar-refractivity contribution in [1.29, 1.82) is 0 Å². The highest BCUT2D eigenvalue weighted by molar-refractivity contribution is 9.10. The molecule has 0 fully saturated rings. The fraction of sp³-hybridized carbons (Fsp3) is 0.278. The van der Waals surface area contributed by atoms with Gasteiger partial charge in [0.1, 0.15) is 17.2 Å². The van der Waals surface area contributed by atoms with Gasteiger partial charge in [0.05, 0.1) is 27.4 Å². The second-order valence-corrected chi connectivity index (χ2v) is 12.0. The van der Waals surface area contributed by atoms with Gasteiger partial charge in [-0.05, 0) is 70.2 Å². The standard InChI is InChI=1S/C36H37BrN6O6/c1-46-29-18-24(19-30(20-29)47-2)22-39-42-35(45)36(21-26-8-4-6-11-32(26)37)33(31-10-5-3-9-27(31)23-40-43-38)49-34(41-36)25-12-14-28(15-13-25)48-17-7-16-44/h3-6,8-15,18-20,33,39,44H,7,16-17,21-23H2,1-2H3,(H,42,45)/t33-,36-/m0/s1. The molecule has 49 heavy (non-hydrogen) atoms. The van der Waals surface area contributed by atoms with Gasteiger partial charge in [0, 0.05) is 47.0 Å². The van der Waals surface area contributed by atoms with E-state index >= 15 is 0 Å². The summed E-state index contributed by atoms with van der Waals surface area (Å²) in [5.41, 5.74) is 17.3. The lowest BCUT2D eigenvalue weighted by Crippen LogP contribution is -2.53. The first-order valence-corrected chi connectivity index (χ1v) is 16.4. The minimum Gasteiger partial charge on any atom is -0.497 e. The van der Waals surface area contributed by atoms with E-state index in [1.807, 2.05) is 72.8 Å². The van der Waals surface area contributed by atoms with Crippen molar-refractivity contribution < 1.29 is 28.8 Å². The summed E-state index contributed by atoms with van der Waals surface area (Å²) in [4.78, 5) is 22.7. The molecule has 3 N–H and O–H groups in total. The SMILES string of the molecule is COc1cc(CNNC(=O)[C@@]2(Cc3ccccc3Br)N=C(c3ccc(OCCCO)cc3)O[C@H]2c2ccccc2CN=[N+]=[N-])cc(OC)c1. The highest BCUT2D eigenvalue weighted by atomic mass is 79.9. The van der Waals surface area contributed by atoms with Gasteiger partial charge in [0.15, 0.2) is 11.6 Å². The molecule has 0 radical (unpaired) electrons. The number of ether oxygens (including phenoxy) is 4. The number of aliphatic imine (C=N–C) groups is 1. The summed E-state index contributed by atoms with van der Waals surface area (Å²) in [6.07, 6.45) is -0.221. The van der Waals surface area contributed by atoms with Crippen LogP contribution in [0.2, 0.25) is 0 Å². The topological polar surface area (TPSA) is 159 Å². The Morgan fingerprint density at radius 2 is 1.69 bits per heavy atom. The molecule has 0 aliphatic carbocycles. The van der Waals surface area contributed by atoms with Crippen molar-refractivity contribution >= 4 is 27.7 Å². The van der Waals surface area contributed by atoms with Crippen LogP contribution in [0.25, 0.3) is 10.4 Å². The van der Waals surface area contributed by atoms with Gasteiger partial charge < -0.3 is 24.1 Å². The summed E-state index contributed by atoms with van der Waals surface area (Å²) in [5.74, 6) is 1.70. The number of aliphatic hydroxyl groups excluding tert-OH is 1. The third kappa shape index (κ3) is 8.51. The highest BCUT2D eigenvalue weighted by Crippen LogP contribution is 2.44. The molecule has 13 heteroatoms. The minimum atomic E-state index is -1.51. The van der Waals surface area contributed by atoms with E-state index in [4.69, 9.17) is 34.6 Å². The number of nitrogens with one attached hydrogen (secondary N) is 2. The Balaban J connectivity index is 1.56. The monoisotopic (exact) mass is 728 g/mol. The van der Waals surface area contributed by atoms with Gasteiger partial charge in [-0.25, -0.2) is 10.4 Å². The van der Waals surface area contributed by atoms with E-state index in [9.17, 15) is 4.79 Å². The van der Waals surface area contributed by atoms with Crippen LogP contribution >= 0.6 is 15.9 Å².